The van der Waals surface area contributed by atoms with Crippen LogP contribution < -0.4 is 5.32 Å². The lowest BCUT2D eigenvalue weighted by molar-refractivity contribution is -0.143. The zero-order valence-electron chi connectivity index (χ0n) is 19.3. The van der Waals surface area contributed by atoms with Gasteiger partial charge in [-0.2, -0.15) is 0 Å². The second-order valence-corrected chi connectivity index (χ2v) is 8.46. The molecule has 0 saturated carbocycles. The van der Waals surface area contributed by atoms with Gasteiger partial charge in [-0.25, -0.2) is 0 Å². The second kappa shape index (κ2) is 13.4. The summed E-state index contributed by atoms with van der Waals surface area (Å²) in [6, 6.07) is 17.2. The maximum atomic E-state index is 13.0. The summed E-state index contributed by atoms with van der Waals surface area (Å²) in [5.74, 6) is -0.525. The average molecular weight is 451 g/mol. The fourth-order valence-electron chi connectivity index (χ4n) is 4.01. The molecule has 1 saturated heterocycles. The molecule has 2 aromatic carbocycles. The molecule has 1 fully saturated rings. The van der Waals surface area contributed by atoms with Crippen molar-refractivity contribution in [1.29, 1.82) is 0 Å². The smallest absolute Gasteiger partial charge is 0.305 e. The predicted molar refractivity (Wildman–Crippen MR) is 129 cm³/mol. The third-order valence-corrected chi connectivity index (χ3v) is 5.83. The Morgan fingerprint density at radius 1 is 0.818 bits per heavy atom. The quantitative estimate of drug-likeness (QED) is 0.409. The van der Waals surface area contributed by atoms with Crippen LogP contribution in [0.1, 0.15) is 67.3 Å². The highest BCUT2D eigenvalue weighted by Gasteiger charge is 2.20. The molecule has 0 spiro atoms. The highest BCUT2D eigenvalue weighted by molar-refractivity contribution is 6.03. The number of carbonyl (C=O) groups excluding carboxylic acids is 3. The van der Waals surface area contributed by atoms with Gasteiger partial charge < -0.3 is 15.0 Å². The van der Waals surface area contributed by atoms with Gasteiger partial charge in [0, 0.05) is 25.9 Å². The van der Waals surface area contributed by atoms with Gasteiger partial charge in [0.05, 0.1) is 17.9 Å². The van der Waals surface area contributed by atoms with Gasteiger partial charge in [0.1, 0.15) is 0 Å². The van der Waals surface area contributed by atoms with Gasteiger partial charge in [0.2, 0.25) is 5.91 Å². The number of rotatable bonds is 10. The molecule has 0 aliphatic carbocycles. The third-order valence-electron chi connectivity index (χ3n) is 5.83. The van der Waals surface area contributed by atoms with Crippen molar-refractivity contribution >= 4 is 23.5 Å². The molecule has 0 unspecified atom stereocenters. The summed E-state index contributed by atoms with van der Waals surface area (Å²) < 4.78 is 5.27. The molecule has 6 heteroatoms. The van der Waals surface area contributed by atoms with Crippen molar-refractivity contribution in [2.75, 3.05) is 25.0 Å². The largest absolute Gasteiger partial charge is 0.466 e. The first-order valence-electron chi connectivity index (χ1n) is 12.0. The zero-order chi connectivity index (χ0) is 23.3. The molecule has 176 valence electrons. The lowest BCUT2D eigenvalue weighted by atomic mass is 10.1. The van der Waals surface area contributed by atoms with E-state index in [4.69, 9.17) is 4.74 Å². The van der Waals surface area contributed by atoms with Crippen LogP contribution in [0.4, 0.5) is 5.69 Å². The number of anilines is 1. The number of esters is 1. The van der Waals surface area contributed by atoms with Crippen molar-refractivity contribution in [3.8, 4) is 0 Å². The Balaban J connectivity index is 1.38. The molecule has 2 aromatic rings. The summed E-state index contributed by atoms with van der Waals surface area (Å²) in [4.78, 5) is 39.2. The van der Waals surface area contributed by atoms with E-state index in [0.29, 0.717) is 24.3 Å². The van der Waals surface area contributed by atoms with Gasteiger partial charge in [0.15, 0.2) is 0 Å². The monoisotopic (exact) mass is 450 g/mol. The SMILES string of the molecule is O=C(CCCC(=O)OCCCc1ccccc1)Nc1ccccc1C(=O)N1CCCCCC1. The van der Waals surface area contributed by atoms with E-state index >= 15 is 0 Å². The van der Waals surface area contributed by atoms with Gasteiger partial charge in [-0.1, -0.05) is 55.3 Å². The van der Waals surface area contributed by atoms with Crippen molar-refractivity contribution in [2.24, 2.45) is 0 Å². The summed E-state index contributed by atoms with van der Waals surface area (Å²) in [6.07, 6.45) is 6.79. The predicted octanol–water partition coefficient (Wildman–Crippen LogP) is 4.99. The second-order valence-electron chi connectivity index (χ2n) is 8.46. The lowest BCUT2D eigenvalue weighted by Crippen LogP contribution is -2.32. The summed E-state index contributed by atoms with van der Waals surface area (Å²) in [5, 5.41) is 2.85. The van der Waals surface area contributed by atoms with Crippen LogP contribution in [0.25, 0.3) is 0 Å². The zero-order valence-corrected chi connectivity index (χ0v) is 19.3. The van der Waals surface area contributed by atoms with E-state index in [1.165, 1.54) is 5.56 Å². The molecule has 1 aliphatic rings. The van der Waals surface area contributed by atoms with Crippen molar-refractivity contribution in [1.82, 2.24) is 4.90 Å². The maximum absolute atomic E-state index is 13.0. The number of nitrogens with one attached hydrogen (secondary N) is 1. The van der Waals surface area contributed by atoms with Crippen molar-refractivity contribution < 1.29 is 19.1 Å². The van der Waals surface area contributed by atoms with E-state index in [1.54, 1.807) is 12.1 Å². The van der Waals surface area contributed by atoms with Gasteiger partial charge >= 0.3 is 5.97 Å². The first-order chi connectivity index (χ1) is 16.1. The third kappa shape index (κ3) is 8.37. The number of benzene rings is 2. The Kier molecular flexibility index (Phi) is 9.95. The van der Waals surface area contributed by atoms with Crippen LogP contribution in [0.15, 0.2) is 54.6 Å². The number of nitrogens with zero attached hydrogens (tertiary/aromatic N) is 1. The molecular formula is C27H34N2O4. The van der Waals surface area contributed by atoms with Crippen LogP contribution in [-0.2, 0) is 20.7 Å². The average Bonchev–Trinajstić information content (AvgIpc) is 3.12. The highest BCUT2D eigenvalue weighted by Crippen LogP contribution is 2.20. The van der Waals surface area contributed by atoms with Crippen LogP contribution in [0, 0.1) is 0 Å². The minimum atomic E-state index is -0.285. The molecule has 1 N–H and O–H groups in total. The van der Waals surface area contributed by atoms with Gasteiger partial charge in [-0.3, -0.25) is 14.4 Å². The Morgan fingerprint density at radius 3 is 2.27 bits per heavy atom. The fourth-order valence-corrected chi connectivity index (χ4v) is 4.01. The van der Waals surface area contributed by atoms with Crippen LogP contribution in [-0.4, -0.2) is 42.4 Å². The van der Waals surface area contributed by atoms with E-state index < -0.39 is 0 Å². The molecule has 1 aliphatic heterocycles. The number of carbonyl (C=O) groups is 3. The summed E-state index contributed by atoms with van der Waals surface area (Å²) >= 11 is 0. The highest BCUT2D eigenvalue weighted by atomic mass is 16.5. The maximum Gasteiger partial charge on any atom is 0.305 e. The van der Waals surface area contributed by atoms with Crippen LogP contribution in [0.5, 0.6) is 0 Å². The fraction of sp³-hybridized carbons (Fsp3) is 0.444. The molecule has 3 rings (SSSR count). The minimum Gasteiger partial charge on any atom is -0.466 e. The Bertz CT molecular complexity index is 905. The van der Waals surface area contributed by atoms with E-state index in [9.17, 15) is 14.4 Å². The molecule has 1 heterocycles. The van der Waals surface area contributed by atoms with E-state index in [0.717, 1.165) is 51.6 Å². The first kappa shape index (κ1) is 24.5. The molecule has 33 heavy (non-hydrogen) atoms. The summed E-state index contributed by atoms with van der Waals surface area (Å²) in [5.41, 5.74) is 2.27. The number of hydrogen-bond donors (Lipinski definition) is 1. The van der Waals surface area contributed by atoms with E-state index in [-0.39, 0.29) is 30.6 Å². The number of ether oxygens (including phenoxy) is 1. The molecule has 0 atom stereocenters. The standard InChI is InChI=1S/C27H34N2O4/c30-25(17-10-18-26(31)33-21-11-14-22-12-4-3-5-13-22)28-24-16-7-6-15-23(24)27(32)29-19-8-1-2-9-20-29/h3-7,12-13,15-16H,1-2,8-11,14,17-21H2,(H,28,30). The summed E-state index contributed by atoms with van der Waals surface area (Å²) in [7, 11) is 0. The number of hydrogen-bond acceptors (Lipinski definition) is 4. The summed E-state index contributed by atoms with van der Waals surface area (Å²) in [6.45, 7) is 1.90. The van der Waals surface area contributed by atoms with Crippen LogP contribution in [0.3, 0.4) is 0 Å². The van der Waals surface area contributed by atoms with Gasteiger partial charge in [0.25, 0.3) is 5.91 Å². The van der Waals surface area contributed by atoms with E-state index in [2.05, 4.69) is 17.4 Å². The molecule has 6 nitrogen and oxygen atoms in total. The van der Waals surface area contributed by atoms with E-state index in [1.807, 2.05) is 35.2 Å². The molecular weight excluding hydrogens is 416 g/mol. The van der Waals surface area contributed by atoms with Crippen molar-refractivity contribution in [3.05, 3.63) is 65.7 Å². The molecule has 0 radical (unpaired) electrons. The minimum absolute atomic E-state index is 0.0353. The Labute approximate surface area is 196 Å². The lowest BCUT2D eigenvalue weighted by Gasteiger charge is -2.22. The topological polar surface area (TPSA) is 75.7 Å². The molecule has 2 amide bonds. The number of aryl methyl sites for hydroxylation is 1. The van der Waals surface area contributed by atoms with Crippen molar-refractivity contribution in [2.45, 2.75) is 57.8 Å². The van der Waals surface area contributed by atoms with Gasteiger partial charge in [-0.05, 0) is 49.8 Å². The molecule has 0 aromatic heterocycles. The first-order valence-corrected chi connectivity index (χ1v) is 12.0. The van der Waals surface area contributed by atoms with Crippen LogP contribution in [0.2, 0.25) is 0 Å². The number of amides is 2. The van der Waals surface area contributed by atoms with Crippen molar-refractivity contribution in [3.63, 3.8) is 0 Å². The Hall–Kier alpha value is -3.15. The van der Waals surface area contributed by atoms with Gasteiger partial charge in [-0.15, -0.1) is 0 Å². The Morgan fingerprint density at radius 2 is 1.52 bits per heavy atom. The normalized spacial score (nSPS) is 13.8. The van der Waals surface area contributed by atoms with Crippen LogP contribution >= 0.6 is 0 Å². The number of para-hydroxylation sites is 1. The molecule has 0 bridgehead atoms. The number of likely N-dealkylation sites (tertiary alicyclic amines) is 1.